The fourth-order valence-electron chi connectivity index (χ4n) is 7.62. The van der Waals surface area contributed by atoms with Crippen LogP contribution in [0.2, 0.25) is 0 Å². The summed E-state index contributed by atoms with van der Waals surface area (Å²) in [6.45, 7) is 0.453. The molecule has 6 unspecified atom stereocenters. The van der Waals surface area contributed by atoms with E-state index in [0.717, 1.165) is 26.9 Å². The molecule has 66 heavy (non-hydrogen) atoms. The number of likely N-dealkylation sites (N-methyl/N-ethyl adjacent to an activating group) is 1. The number of H-pyrrole nitrogens is 2. The lowest BCUT2D eigenvalue weighted by atomic mass is 10.0. The molecule has 15 N–H and O–H groups in total. The standard InChI is InChI=1S/C44H58N14O8/c1-48-33(15-9-17-51-43(46)47)39(62)56-34(19-27-22-52-31-13-6-5-12-30(27)31)40(63)55-32(38(45)61)14-7-8-16-50-37(60)21-35-42(65)58(44(66)57-35)36(20-28-23-49-25-53-28)41(64)54-29(24-59)18-26-10-3-2-4-11-26/h2-6,10-13,22-25,29,32-36,48,52H,7-9,14-21H2,1H3,(H2,45,61)(H,49,53)(H,50,60)(H,54,64)(H,55,63)(H,56,62)(H,57,66)(H4,46,47,51)/p+1. The molecular weight excluding hydrogens is 853 g/mol. The van der Waals surface area contributed by atoms with Gasteiger partial charge in [-0.25, -0.2) is 19.5 Å². The molecule has 0 radical (unpaired) electrons. The fourth-order valence-corrected chi connectivity index (χ4v) is 7.62. The van der Waals surface area contributed by atoms with E-state index in [1.807, 2.05) is 30.3 Å². The molecule has 8 amide bonds. The lowest BCUT2D eigenvalue weighted by Gasteiger charge is -2.25. The van der Waals surface area contributed by atoms with Crippen molar-refractivity contribution in [3.63, 3.8) is 0 Å². The van der Waals surface area contributed by atoms with Crippen molar-refractivity contribution in [3.05, 3.63) is 90.1 Å². The highest BCUT2D eigenvalue weighted by Crippen LogP contribution is 2.20. The zero-order valence-corrected chi connectivity index (χ0v) is 36.7. The number of aliphatic imine (C=N–C) groups is 1. The van der Waals surface area contributed by atoms with E-state index in [4.69, 9.17) is 11.5 Å². The number of nitrogens with zero attached hydrogens (tertiary/aromatic N) is 3. The number of benzene rings is 2. The van der Waals surface area contributed by atoms with Gasteiger partial charge >= 0.3 is 11.9 Å². The van der Waals surface area contributed by atoms with Crippen molar-refractivity contribution in [1.29, 1.82) is 0 Å². The first kappa shape index (κ1) is 49.6. The summed E-state index contributed by atoms with van der Waals surface area (Å²) in [4.78, 5) is 120. The number of aromatic amines is 2. The highest BCUT2D eigenvalue weighted by molar-refractivity contribution is 6.09. The topological polar surface area (TPSA) is 348 Å². The number of imide groups is 1. The van der Waals surface area contributed by atoms with Gasteiger partial charge < -0.3 is 58.1 Å². The number of carbonyl (C=O) groups is 8. The number of unbranched alkanes of at least 4 members (excludes halogenated alkanes) is 1. The molecule has 6 atom stereocenters. The smallest absolute Gasteiger partial charge is 0.331 e. The minimum Gasteiger partial charge on any atom is -0.370 e. The minimum atomic E-state index is -1.37. The van der Waals surface area contributed by atoms with Crippen LogP contribution < -0.4 is 49.1 Å². The second-order valence-electron chi connectivity index (χ2n) is 15.9. The third kappa shape index (κ3) is 14.3. The number of amides is 8. The number of fused-ring (bicyclic) bond motifs is 1. The second-order valence-corrected chi connectivity index (χ2v) is 15.9. The van der Waals surface area contributed by atoms with Crippen LogP contribution in [0.15, 0.2) is 78.3 Å². The van der Waals surface area contributed by atoms with Gasteiger partial charge in [0.15, 0.2) is 5.96 Å². The van der Waals surface area contributed by atoms with Crippen molar-refractivity contribution in [2.45, 2.75) is 94.0 Å². The van der Waals surface area contributed by atoms with Crippen LogP contribution in [0.3, 0.4) is 0 Å². The summed E-state index contributed by atoms with van der Waals surface area (Å²) in [6, 6.07) is 9.36. The number of quaternary nitrogens is 1. The molecule has 2 aromatic heterocycles. The molecule has 0 saturated carbocycles. The van der Waals surface area contributed by atoms with Crippen LogP contribution in [-0.4, -0.2) is 130 Å². The van der Waals surface area contributed by atoms with Crippen molar-refractivity contribution in [2.24, 2.45) is 16.5 Å². The molecule has 1 aliphatic heterocycles. The number of carbonyl (C=O) groups excluding carboxylic acids is 8. The van der Waals surface area contributed by atoms with E-state index >= 15 is 0 Å². The summed E-state index contributed by atoms with van der Waals surface area (Å²) < 4.78 is 0. The molecule has 0 aliphatic carbocycles. The van der Waals surface area contributed by atoms with Gasteiger partial charge in [0, 0.05) is 54.9 Å². The number of rotatable bonds is 27. The molecule has 0 bridgehead atoms. The van der Waals surface area contributed by atoms with Gasteiger partial charge in [-0.2, -0.15) is 0 Å². The fraction of sp³-hybridized carbons (Fsp3) is 0.409. The third-order valence-electron chi connectivity index (χ3n) is 11.1. The highest BCUT2D eigenvalue weighted by Gasteiger charge is 2.45. The van der Waals surface area contributed by atoms with Crippen LogP contribution in [0, 0.1) is 0 Å². The van der Waals surface area contributed by atoms with E-state index < -0.39 is 84.1 Å². The third-order valence-corrected chi connectivity index (χ3v) is 11.1. The molecule has 352 valence electrons. The summed E-state index contributed by atoms with van der Waals surface area (Å²) in [5, 5.41) is 17.3. The first-order valence-electron chi connectivity index (χ1n) is 21.7. The summed E-state index contributed by atoms with van der Waals surface area (Å²) in [5.41, 5.74) is 17.2. The molecule has 3 heterocycles. The van der Waals surface area contributed by atoms with Crippen molar-refractivity contribution in [2.75, 3.05) is 20.1 Å². The number of nitrogens with one attached hydrogen (secondary N) is 8. The van der Waals surface area contributed by atoms with Crippen LogP contribution in [0.1, 0.15) is 55.3 Å². The Balaban J connectivity index is 1.14. The van der Waals surface area contributed by atoms with Gasteiger partial charge in [0.2, 0.25) is 23.6 Å². The predicted molar refractivity (Wildman–Crippen MR) is 241 cm³/mol. The zero-order chi connectivity index (χ0) is 47.6. The van der Waals surface area contributed by atoms with Gasteiger partial charge in [0.1, 0.15) is 30.5 Å². The van der Waals surface area contributed by atoms with E-state index in [1.165, 1.54) is 12.5 Å². The number of aldehydes is 1. The quantitative estimate of drug-likeness (QED) is 0.0101. The molecule has 1 aliphatic rings. The molecule has 1 saturated heterocycles. The zero-order valence-electron chi connectivity index (χ0n) is 36.7. The lowest BCUT2D eigenvalue weighted by Crippen LogP contribution is -2.67. The number of imidazole rings is 1. The molecule has 1 fully saturated rings. The van der Waals surface area contributed by atoms with Crippen molar-refractivity contribution in [3.8, 4) is 0 Å². The van der Waals surface area contributed by atoms with E-state index in [-0.39, 0.29) is 38.2 Å². The minimum absolute atomic E-state index is 0.0562. The van der Waals surface area contributed by atoms with Gasteiger partial charge in [-0.05, 0) is 62.8 Å². The first-order chi connectivity index (χ1) is 31.8. The number of hydrogen-bond acceptors (Lipinski definition) is 11. The number of hydrogen-bond donors (Lipinski definition) is 11. The Hall–Kier alpha value is -7.46. The van der Waals surface area contributed by atoms with Crippen LogP contribution in [0.25, 0.3) is 10.9 Å². The Labute approximate surface area is 380 Å². The van der Waals surface area contributed by atoms with E-state index in [0.29, 0.717) is 44.2 Å². The maximum absolute atomic E-state index is 13.9. The maximum atomic E-state index is 13.9. The van der Waals surface area contributed by atoms with Gasteiger partial charge in [-0.3, -0.25) is 34.7 Å². The Bertz CT molecular complexity index is 2330. The van der Waals surface area contributed by atoms with E-state index in [2.05, 4.69) is 57.6 Å². The Morgan fingerprint density at radius 3 is 2.27 bits per heavy atom. The Kier molecular flexibility index (Phi) is 18.4. The van der Waals surface area contributed by atoms with Crippen LogP contribution >= 0.6 is 0 Å². The number of nitrogens with two attached hydrogens (primary N) is 2. The Morgan fingerprint density at radius 2 is 1.58 bits per heavy atom. The summed E-state index contributed by atoms with van der Waals surface area (Å²) in [5.74, 6) is -3.71. The van der Waals surface area contributed by atoms with E-state index in [1.54, 1.807) is 37.5 Å². The van der Waals surface area contributed by atoms with E-state index in [9.17, 15) is 38.4 Å². The van der Waals surface area contributed by atoms with Gasteiger partial charge in [0.05, 0.1) is 24.8 Å². The number of guanidine groups is 1. The predicted octanol–water partition coefficient (Wildman–Crippen LogP) is -2.05. The second kappa shape index (κ2) is 24.6. The normalized spacial score (nSPS) is 15.7. The molecule has 4 aromatic rings. The molecule has 22 heteroatoms. The van der Waals surface area contributed by atoms with Gasteiger partial charge in [-0.1, -0.05) is 48.5 Å². The average molecular weight is 912 g/mol. The average Bonchev–Trinajstić information content (AvgIpc) is 4.03. The summed E-state index contributed by atoms with van der Waals surface area (Å²) in [6.07, 6.45) is 6.72. The summed E-state index contributed by atoms with van der Waals surface area (Å²) in [7, 11) is 1.63. The number of urea groups is 1. The Morgan fingerprint density at radius 1 is 0.864 bits per heavy atom. The van der Waals surface area contributed by atoms with Gasteiger partial charge in [-0.15, -0.1) is 0 Å². The number of para-hydroxylation sites is 1. The molecule has 22 nitrogen and oxygen atoms in total. The van der Waals surface area contributed by atoms with Crippen LogP contribution in [-0.2, 0) is 52.8 Å². The lowest BCUT2D eigenvalue weighted by molar-refractivity contribution is -0.308. The maximum Gasteiger partial charge on any atom is 0.331 e. The van der Waals surface area contributed by atoms with Gasteiger partial charge in [0.25, 0.3) is 5.91 Å². The number of aromatic nitrogens is 3. The summed E-state index contributed by atoms with van der Waals surface area (Å²) >= 11 is 0. The molecular formula is C44H59N14O8+. The molecule has 2 aromatic carbocycles. The molecule has 5 rings (SSSR count). The van der Waals surface area contributed by atoms with Crippen molar-refractivity contribution >= 4 is 64.6 Å². The van der Waals surface area contributed by atoms with Crippen LogP contribution in [0.5, 0.6) is 0 Å². The van der Waals surface area contributed by atoms with Crippen molar-refractivity contribution < 1.29 is 44.1 Å². The van der Waals surface area contributed by atoms with Crippen molar-refractivity contribution in [1.82, 2.24) is 51.8 Å². The van der Waals surface area contributed by atoms with Crippen LogP contribution in [0.4, 0.5) is 4.79 Å². The first-order valence-corrected chi connectivity index (χ1v) is 21.7. The largest absolute Gasteiger partial charge is 0.370 e. The highest BCUT2D eigenvalue weighted by atomic mass is 16.2. The SMILES string of the molecule is CNC(CCCN=C(N)N)C(=O)NC(Cc1c[nH]c2ccccc12)C(=O)NC(CCCCNC(=O)CC1NC(=O)N(C(Cc2cnc[nH]2)C(=O)NC(C=O)Cc2ccccc2)C1=O)C([NH3+])=O. The monoisotopic (exact) mass is 911 g/mol. The molecule has 0 spiro atoms.